The number of hydrogen-bond donors (Lipinski definition) is 2. The van der Waals surface area contributed by atoms with Crippen molar-refractivity contribution >= 4 is 17.5 Å². The molecule has 0 aliphatic carbocycles. The number of amides is 2. The average molecular weight is 406 g/mol. The van der Waals surface area contributed by atoms with Gasteiger partial charge in [-0.2, -0.15) is 4.80 Å². The van der Waals surface area contributed by atoms with E-state index in [1.807, 2.05) is 18.2 Å². The molecule has 2 amide bonds. The maximum atomic E-state index is 12.7. The van der Waals surface area contributed by atoms with E-state index >= 15 is 0 Å². The van der Waals surface area contributed by atoms with Gasteiger partial charge in [0.05, 0.1) is 0 Å². The van der Waals surface area contributed by atoms with Crippen molar-refractivity contribution in [3.63, 3.8) is 0 Å². The van der Waals surface area contributed by atoms with Crippen molar-refractivity contribution in [2.45, 2.75) is 46.1 Å². The molecular formula is C22H26N6O2. The number of hydrogen-bond acceptors (Lipinski definition) is 5. The highest BCUT2D eigenvalue weighted by atomic mass is 16.2. The molecule has 0 spiro atoms. The molecule has 0 aliphatic heterocycles. The fourth-order valence-electron chi connectivity index (χ4n) is 3.21. The molecule has 8 nitrogen and oxygen atoms in total. The fraction of sp³-hybridized carbons (Fsp3) is 0.318. The standard InChI is InChI=1S/C22H26N6O2/c1-13(2)17-6-5-7-18(14(3)4)20(17)24-19(29)12-28-26-22(25-27-28)16-10-8-15(9-11-16)21(23)30/h5-11,13-14H,12H2,1-4H3,(H2,23,30)(H,24,29). The molecular weight excluding hydrogens is 380 g/mol. The highest BCUT2D eigenvalue weighted by Gasteiger charge is 2.17. The summed E-state index contributed by atoms with van der Waals surface area (Å²) in [7, 11) is 0. The number of anilines is 1. The molecule has 0 saturated heterocycles. The molecule has 0 radical (unpaired) electrons. The minimum absolute atomic E-state index is 0.0592. The monoisotopic (exact) mass is 406 g/mol. The van der Waals surface area contributed by atoms with Crippen molar-refractivity contribution in [1.82, 2.24) is 20.2 Å². The van der Waals surface area contributed by atoms with Crippen LogP contribution in [0.1, 0.15) is 61.0 Å². The van der Waals surface area contributed by atoms with Crippen LogP contribution in [0.25, 0.3) is 11.4 Å². The topological polar surface area (TPSA) is 116 Å². The van der Waals surface area contributed by atoms with Crippen molar-refractivity contribution < 1.29 is 9.59 Å². The van der Waals surface area contributed by atoms with Gasteiger partial charge in [-0.15, -0.1) is 10.2 Å². The van der Waals surface area contributed by atoms with Crippen LogP contribution in [0.3, 0.4) is 0 Å². The number of nitrogens with two attached hydrogens (primary N) is 1. The summed E-state index contributed by atoms with van der Waals surface area (Å²) in [5.41, 5.74) is 9.37. The normalized spacial score (nSPS) is 11.1. The molecule has 0 atom stereocenters. The summed E-state index contributed by atoms with van der Waals surface area (Å²) in [6.07, 6.45) is 0. The Bertz CT molecular complexity index is 1030. The molecule has 3 N–H and O–H groups in total. The van der Waals surface area contributed by atoms with Gasteiger partial charge in [-0.05, 0) is 40.3 Å². The number of nitrogens with one attached hydrogen (secondary N) is 1. The predicted molar refractivity (Wildman–Crippen MR) is 115 cm³/mol. The van der Waals surface area contributed by atoms with Crippen molar-refractivity contribution in [1.29, 1.82) is 0 Å². The molecule has 156 valence electrons. The number of carbonyl (C=O) groups is 2. The number of para-hydroxylation sites is 1. The summed E-state index contributed by atoms with van der Waals surface area (Å²) in [6.45, 7) is 8.34. The van der Waals surface area contributed by atoms with Gasteiger partial charge in [0.15, 0.2) is 0 Å². The Labute approximate surface area is 175 Å². The second-order valence-electron chi connectivity index (χ2n) is 7.75. The molecule has 1 aromatic heterocycles. The van der Waals surface area contributed by atoms with Gasteiger partial charge in [0, 0.05) is 16.8 Å². The molecule has 1 heterocycles. The van der Waals surface area contributed by atoms with Crippen LogP contribution < -0.4 is 11.1 Å². The quantitative estimate of drug-likeness (QED) is 0.624. The van der Waals surface area contributed by atoms with Crippen LogP contribution in [0.2, 0.25) is 0 Å². The average Bonchev–Trinajstić information content (AvgIpc) is 3.16. The van der Waals surface area contributed by atoms with Crippen molar-refractivity contribution in [3.8, 4) is 11.4 Å². The van der Waals surface area contributed by atoms with Crippen LogP contribution in [-0.4, -0.2) is 32.0 Å². The number of primary amides is 1. The zero-order valence-corrected chi connectivity index (χ0v) is 17.6. The van der Waals surface area contributed by atoms with E-state index in [1.54, 1.807) is 24.3 Å². The number of aromatic nitrogens is 4. The Morgan fingerprint density at radius 2 is 1.60 bits per heavy atom. The smallest absolute Gasteiger partial charge is 0.248 e. The first-order valence-electron chi connectivity index (χ1n) is 9.87. The van der Waals surface area contributed by atoms with E-state index in [0.29, 0.717) is 17.0 Å². The van der Waals surface area contributed by atoms with Crippen molar-refractivity contribution in [2.75, 3.05) is 5.32 Å². The summed E-state index contributed by atoms with van der Waals surface area (Å²) in [5, 5.41) is 15.3. The minimum atomic E-state index is -0.503. The number of carbonyl (C=O) groups excluding carboxylic acids is 2. The van der Waals surface area contributed by atoms with Gasteiger partial charge in [0.2, 0.25) is 17.6 Å². The van der Waals surface area contributed by atoms with Gasteiger partial charge < -0.3 is 11.1 Å². The van der Waals surface area contributed by atoms with E-state index in [-0.39, 0.29) is 24.3 Å². The first-order valence-corrected chi connectivity index (χ1v) is 9.87. The molecule has 0 unspecified atom stereocenters. The molecule has 0 saturated carbocycles. The largest absolute Gasteiger partial charge is 0.366 e. The van der Waals surface area contributed by atoms with Gasteiger partial charge in [0.1, 0.15) is 6.54 Å². The summed E-state index contributed by atoms with van der Waals surface area (Å²) in [5.74, 6) is 0.191. The molecule has 0 aliphatic rings. The summed E-state index contributed by atoms with van der Waals surface area (Å²) in [4.78, 5) is 25.1. The Morgan fingerprint density at radius 1 is 1.00 bits per heavy atom. The van der Waals surface area contributed by atoms with E-state index in [9.17, 15) is 9.59 Å². The highest BCUT2D eigenvalue weighted by molar-refractivity contribution is 5.93. The summed E-state index contributed by atoms with van der Waals surface area (Å²) >= 11 is 0. The molecule has 30 heavy (non-hydrogen) atoms. The predicted octanol–water partition coefficient (Wildman–Crippen LogP) is 3.32. The fourth-order valence-corrected chi connectivity index (χ4v) is 3.21. The lowest BCUT2D eigenvalue weighted by Crippen LogP contribution is -2.22. The van der Waals surface area contributed by atoms with E-state index in [2.05, 4.69) is 48.4 Å². The van der Waals surface area contributed by atoms with Gasteiger partial charge in [-0.3, -0.25) is 9.59 Å². The van der Waals surface area contributed by atoms with Crippen LogP contribution in [0.4, 0.5) is 5.69 Å². The number of benzene rings is 2. The second-order valence-corrected chi connectivity index (χ2v) is 7.75. The maximum Gasteiger partial charge on any atom is 0.248 e. The SMILES string of the molecule is CC(C)c1cccc(C(C)C)c1NC(=O)Cn1nnc(-c2ccc(C(N)=O)cc2)n1. The summed E-state index contributed by atoms with van der Waals surface area (Å²) < 4.78 is 0. The Hall–Kier alpha value is -3.55. The zero-order chi connectivity index (χ0) is 21.8. The van der Waals surface area contributed by atoms with Crippen LogP contribution in [-0.2, 0) is 11.3 Å². The molecule has 0 fully saturated rings. The third-order valence-corrected chi connectivity index (χ3v) is 4.80. The summed E-state index contributed by atoms with van der Waals surface area (Å²) in [6, 6.07) is 12.7. The first-order chi connectivity index (χ1) is 14.3. The van der Waals surface area contributed by atoms with E-state index in [0.717, 1.165) is 16.8 Å². The minimum Gasteiger partial charge on any atom is -0.366 e. The lowest BCUT2D eigenvalue weighted by atomic mass is 9.92. The van der Waals surface area contributed by atoms with Crippen molar-refractivity contribution in [2.24, 2.45) is 5.73 Å². The Kier molecular flexibility index (Phi) is 6.25. The van der Waals surface area contributed by atoms with Crippen LogP contribution in [0.15, 0.2) is 42.5 Å². The van der Waals surface area contributed by atoms with Crippen LogP contribution in [0, 0.1) is 0 Å². The van der Waals surface area contributed by atoms with Gasteiger partial charge in [-0.1, -0.05) is 58.0 Å². The van der Waals surface area contributed by atoms with Gasteiger partial charge in [0.25, 0.3) is 0 Å². The van der Waals surface area contributed by atoms with E-state index in [4.69, 9.17) is 5.73 Å². The van der Waals surface area contributed by atoms with Crippen LogP contribution >= 0.6 is 0 Å². The van der Waals surface area contributed by atoms with Crippen molar-refractivity contribution in [3.05, 3.63) is 59.2 Å². The maximum absolute atomic E-state index is 12.7. The lowest BCUT2D eigenvalue weighted by molar-refractivity contribution is -0.117. The molecule has 2 aromatic carbocycles. The molecule has 8 heteroatoms. The molecule has 3 aromatic rings. The Morgan fingerprint density at radius 3 is 2.13 bits per heavy atom. The van der Waals surface area contributed by atoms with E-state index < -0.39 is 5.91 Å². The first kappa shape index (κ1) is 21.2. The van der Waals surface area contributed by atoms with Gasteiger partial charge >= 0.3 is 0 Å². The molecule has 0 bridgehead atoms. The zero-order valence-electron chi connectivity index (χ0n) is 17.6. The Balaban J connectivity index is 1.76. The van der Waals surface area contributed by atoms with Crippen LogP contribution in [0.5, 0.6) is 0 Å². The van der Waals surface area contributed by atoms with E-state index in [1.165, 1.54) is 4.80 Å². The highest BCUT2D eigenvalue weighted by Crippen LogP contribution is 2.32. The number of rotatable bonds is 7. The number of nitrogens with zero attached hydrogens (tertiary/aromatic N) is 4. The third kappa shape index (κ3) is 4.71. The second kappa shape index (κ2) is 8.86. The lowest BCUT2D eigenvalue weighted by Gasteiger charge is -2.20. The third-order valence-electron chi connectivity index (χ3n) is 4.80. The molecule has 3 rings (SSSR count). The number of tetrazole rings is 1. The van der Waals surface area contributed by atoms with Gasteiger partial charge in [-0.25, -0.2) is 0 Å².